The fourth-order valence-corrected chi connectivity index (χ4v) is 3.80. The van der Waals surface area contributed by atoms with E-state index >= 15 is 0 Å². The summed E-state index contributed by atoms with van der Waals surface area (Å²) in [6.45, 7) is 2.51. The quantitative estimate of drug-likeness (QED) is 0.560. The molecule has 1 amide bonds. The number of aromatic nitrogens is 1. The highest BCUT2D eigenvalue weighted by atomic mass is 19.1. The molecule has 0 aliphatic carbocycles. The minimum atomic E-state index is -0.271. The van der Waals surface area contributed by atoms with Crippen LogP contribution in [0.25, 0.3) is 0 Å². The number of carbonyl (C=O) groups excluding carboxylic acids is 1. The number of nitrogens with zero attached hydrogens (tertiary/aromatic N) is 2. The molecule has 2 aromatic carbocycles. The predicted molar refractivity (Wildman–Crippen MR) is 113 cm³/mol. The van der Waals surface area contributed by atoms with Crippen LogP contribution in [0, 0.1) is 12.7 Å². The SMILES string of the molecule is COc1cc(C)ccc1OCC(=O)N1CCCC1c1ncc(Cc2ccc(F)cc2)o1. The van der Waals surface area contributed by atoms with E-state index in [1.54, 1.807) is 36.4 Å². The fraction of sp³-hybridized carbons (Fsp3) is 0.333. The molecule has 0 radical (unpaired) electrons. The number of benzene rings is 2. The summed E-state index contributed by atoms with van der Waals surface area (Å²) in [5, 5.41) is 0. The maximum atomic E-state index is 13.1. The van der Waals surface area contributed by atoms with Crippen molar-refractivity contribution in [2.24, 2.45) is 0 Å². The van der Waals surface area contributed by atoms with Gasteiger partial charge in [0.05, 0.1) is 13.3 Å². The van der Waals surface area contributed by atoms with Crippen LogP contribution in [0.5, 0.6) is 11.5 Å². The molecule has 1 aromatic heterocycles. The van der Waals surface area contributed by atoms with E-state index in [1.165, 1.54) is 12.1 Å². The van der Waals surface area contributed by atoms with E-state index < -0.39 is 0 Å². The molecular weight excluding hydrogens is 399 g/mol. The van der Waals surface area contributed by atoms with Crippen molar-refractivity contribution in [3.8, 4) is 11.5 Å². The van der Waals surface area contributed by atoms with Crippen LogP contribution in [-0.2, 0) is 11.2 Å². The van der Waals surface area contributed by atoms with Crippen molar-refractivity contribution < 1.29 is 23.1 Å². The molecule has 3 aromatic rings. The van der Waals surface area contributed by atoms with Gasteiger partial charge in [0, 0.05) is 13.0 Å². The molecule has 0 spiro atoms. The molecule has 1 aliphatic rings. The highest BCUT2D eigenvalue weighted by Crippen LogP contribution is 2.33. The molecule has 1 unspecified atom stereocenters. The van der Waals surface area contributed by atoms with E-state index in [1.807, 2.05) is 19.1 Å². The Morgan fingerprint density at radius 3 is 2.81 bits per heavy atom. The smallest absolute Gasteiger partial charge is 0.261 e. The second-order valence-corrected chi connectivity index (χ2v) is 7.66. The van der Waals surface area contributed by atoms with Gasteiger partial charge in [0.1, 0.15) is 17.6 Å². The van der Waals surface area contributed by atoms with Gasteiger partial charge in [-0.05, 0) is 55.2 Å². The van der Waals surface area contributed by atoms with Gasteiger partial charge >= 0.3 is 0 Å². The van der Waals surface area contributed by atoms with Crippen LogP contribution in [0.2, 0.25) is 0 Å². The van der Waals surface area contributed by atoms with E-state index in [4.69, 9.17) is 13.9 Å². The Kier molecular flexibility index (Phi) is 6.21. The van der Waals surface area contributed by atoms with Crippen molar-refractivity contribution in [3.05, 3.63) is 77.3 Å². The average molecular weight is 424 g/mol. The average Bonchev–Trinajstić information content (AvgIpc) is 3.43. The Hall–Kier alpha value is -3.35. The highest BCUT2D eigenvalue weighted by molar-refractivity contribution is 5.78. The Morgan fingerprint density at radius 1 is 1.23 bits per heavy atom. The molecule has 2 heterocycles. The molecule has 6 nitrogen and oxygen atoms in total. The monoisotopic (exact) mass is 424 g/mol. The summed E-state index contributed by atoms with van der Waals surface area (Å²) in [6, 6.07) is 11.7. The van der Waals surface area contributed by atoms with Crippen LogP contribution in [0.15, 0.2) is 53.1 Å². The van der Waals surface area contributed by atoms with Crippen molar-refractivity contribution >= 4 is 5.91 Å². The maximum Gasteiger partial charge on any atom is 0.261 e. The molecule has 31 heavy (non-hydrogen) atoms. The van der Waals surface area contributed by atoms with Crippen molar-refractivity contribution in [1.29, 1.82) is 0 Å². The van der Waals surface area contributed by atoms with Crippen LogP contribution in [-0.4, -0.2) is 36.1 Å². The van der Waals surface area contributed by atoms with Crippen molar-refractivity contribution in [2.45, 2.75) is 32.2 Å². The van der Waals surface area contributed by atoms with Gasteiger partial charge in [-0.15, -0.1) is 0 Å². The third-order valence-electron chi connectivity index (χ3n) is 5.39. The standard InChI is InChI=1S/C24H25FN2O4/c1-16-5-10-21(22(12-16)29-2)30-15-23(28)27-11-3-4-20(27)24-26-14-19(31-24)13-17-6-8-18(25)9-7-17/h5-10,12,14,20H,3-4,11,13,15H2,1-2H3. The Balaban J connectivity index is 1.40. The Labute approximate surface area is 180 Å². The van der Waals surface area contributed by atoms with Crippen molar-refractivity contribution in [2.75, 3.05) is 20.3 Å². The van der Waals surface area contributed by atoms with E-state index in [-0.39, 0.29) is 24.4 Å². The first-order valence-electron chi connectivity index (χ1n) is 10.3. The summed E-state index contributed by atoms with van der Waals surface area (Å²) >= 11 is 0. The molecule has 1 saturated heterocycles. The molecule has 1 atom stereocenters. The molecule has 1 fully saturated rings. The van der Waals surface area contributed by atoms with Crippen LogP contribution in [0.1, 0.15) is 41.7 Å². The van der Waals surface area contributed by atoms with Gasteiger partial charge in [-0.3, -0.25) is 4.79 Å². The lowest BCUT2D eigenvalue weighted by Crippen LogP contribution is -2.34. The van der Waals surface area contributed by atoms with Crippen LogP contribution >= 0.6 is 0 Å². The highest BCUT2D eigenvalue weighted by Gasteiger charge is 2.33. The lowest BCUT2D eigenvalue weighted by atomic mass is 10.1. The fourth-order valence-electron chi connectivity index (χ4n) is 3.80. The Bertz CT molecular complexity index is 1050. The third-order valence-corrected chi connectivity index (χ3v) is 5.39. The summed E-state index contributed by atoms with van der Waals surface area (Å²) in [6.07, 6.45) is 3.85. The molecular formula is C24H25FN2O4. The molecule has 0 N–H and O–H groups in total. The van der Waals surface area contributed by atoms with Crippen LogP contribution in [0.3, 0.4) is 0 Å². The molecule has 0 saturated carbocycles. The van der Waals surface area contributed by atoms with Crippen LogP contribution < -0.4 is 9.47 Å². The number of halogens is 1. The second-order valence-electron chi connectivity index (χ2n) is 7.66. The summed E-state index contributed by atoms with van der Waals surface area (Å²) in [5.41, 5.74) is 1.99. The Morgan fingerprint density at radius 2 is 2.03 bits per heavy atom. The third kappa shape index (κ3) is 4.87. The summed E-state index contributed by atoms with van der Waals surface area (Å²) in [4.78, 5) is 19.0. The van der Waals surface area contributed by atoms with Gasteiger partial charge in [-0.25, -0.2) is 9.37 Å². The minimum Gasteiger partial charge on any atom is -0.493 e. The minimum absolute atomic E-state index is 0.0843. The number of carbonyl (C=O) groups is 1. The zero-order valence-electron chi connectivity index (χ0n) is 17.6. The largest absolute Gasteiger partial charge is 0.493 e. The number of aryl methyl sites for hydroxylation is 1. The number of likely N-dealkylation sites (tertiary alicyclic amines) is 1. The first-order chi connectivity index (χ1) is 15.0. The number of amides is 1. The summed E-state index contributed by atoms with van der Waals surface area (Å²) < 4.78 is 30.1. The van der Waals surface area contributed by atoms with E-state index in [9.17, 15) is 9.18 Å². The van der Waals surface area contributed by atoms with Gasteiger partial charge in [-0.1, -0.05) is 18.2 Å². The zero-order valence-corrected chi connectivity index (χ0v) is 17.6. The van der Waals surface area contributed by atoms with Gasteiger partial charge in [0.2, 0.25) is 5.89 Å². The predicted octanol–water partition coefficient (Wildman–Crippen LogP) is 4.46. The van der Waals surface area contributed by atoms with E-state index in [2.05, 4.69) is 4.98 Å². The van der Waals surface area contributed by atoms with E-state index in [0.717, 1.165) is 24.0 Å². The summed E-state index contributed by atoms with van der Waals surface area (Å²) in [7, 11) is 1.58. The maximum absolute atomic E-state index is 13.1. The normalized spacial score (nSPS) is 15.8. The lowest BCUT2D eigenvalue weighted by Gasteiger charge is -2.22. The number of oxazole rings is 1. The van der Waals surface area contributed by atoms with Gasteiger partial charge in [0.15, 0.2) is 18.1 Å². The topological polar surface area (TPSA) is 64.8 Å². The number of methoxy groups -OCH3 is 1. The molecule has 7 heteroatoms. The van der Waals surface area contributed by atoms with Crippen LogP contribution in [0.4, 0.5) is 4.39 Å². The summed E-state index contributed by atoms with van der Waals surface area (Å²) in [5.74, 6) is 1.95. The molecule has 0 bridgehead atoms. The first-order valence-corrected chi connectivity index (χ1v) is 10.3. The molecule has 162 valence electrons. The number of rotatable bonds is 7. The second kappa shape index (κ2) is 9.20. The van der Waals surface area contributed by atoms with E-state index in [0.29, 0.717) is 36.1 Å². The van der Waals surface area contributed by atoms with Gasteiger partial charge in [0.25, 0.3) is 5.91 Å². The van der Waals surface area contributed by atoms with Crippen molar-refractivity contribution in [3.63, 3.8) is 0 Å². The van der Waals surface area contributed by atoms with Crippen molar-refractivity contribution in [1.82, 2.24) is 9.88 Å². The van der Waals surface area contributed by atoms with Gasteiger partial charge < -0.3 is 18.8 Å². The number of ether oxygens (including phenoxy) is 2. The number of hydrogen-bond donors (Lipinski definition) is 0. The first kappa shape index (κ1) is 20.9. The molecule has 4 rings (SSSR count). The molecule has 1 aliphatic heterocycles. The number of hydrogen-bond acceptors (Lipinski definition) is 5. The lowest BCUT2D eigenvalue weighted by molar-refractivity contribution is -0.134. The zero-order chi connectivity index (χ0) is 21.8. The van der Waals surface area contributed by atoms with Gasteiger partial charge in [-0.2, -0.15) is 0 Å².